The van der Waals surface area contributed by atoms with Gasteiger partial charge in [-0.25, -0.2) is 8.42 Å². The molecule has 0 saturated heterocycles. The molecule has 0 aliphatic heterocycles. The summed E-state index contributed by atoms with van der Waals surface area (Å²) in [7, 11) is -3.76. The van der Waals surface area contributed by atoms with Gasteiger partial charge < -0.3 is 5.32 Å². The van der Waals surface area contributed by atoms with E-state index in [0.717, 1.165) is 0 Å². The highest BCUT2D eigenvalue weighted by Crippen LogP contribution is 2.24. The van der Waals surface area contributed by atoms with Crippen molar-refractivity contribution in [3.8, 4) is 0 Å². The minimum Gasteiger partial charge on any atom is -0.352 e. The summed E-state index contributed by atoms with van der Waals surface area (Å²) >= 11 is 5.94. The molecule has 0 unspecified atom stereocenters. The monoisotopic (exact) mass is 338 g/mol. The van der Waals surface area contributed by atoms with E-state index in [1.807, 2.05) is 6.92 Å². The summed E-state index contributed by atoms with van der Waals surface area (Å²) in [5, 5.41) is 2.96. The van der Waals surface area contributed by atoms with Gasteiger partial charge in [0.15, 0.2) is 0 Å². The van der Waals surface area contributed by atoms with E-state index in [2.05, 4.69) is 10.0 Å². The average molecular weight is 339 g/mol. The fourth-order valence-corrected chi connectivity index (χ4v) is 3.11. The van der Waals surface area contributed by atoms with Gasteiger partial charge in [-0.15, -0.1) is 0 Å². The Morgan fingerprint density at radius 1 is 1.09 bits per heavy atom. The van der Waals surface area contributed by atoms with Gasteiger partial charge in [-0.1, -0.05) is 23.7 Å². The Morgan fingerprint density at radius 3 is 2.32 bits per heavy atom. The summed E-state index contributed by atoms with van der Waals surface area (Å²) in [5.74, 6) is -0.245. The summed E-state index contributed by atoms with van der Waals surface area (Å²) in [5.41, 5.74) is 0.704. The highest BCUT2D eigenvalue weighted by Gasteiger charge is 2.16. The molecule has 1 amide bonds. The first kappa shape index (κ1) is 16.3. The van der Waals surface area contributed by atoms with Gasteiger partial charge in [-0.05, 0) is 43.3 Å². The Hall–Kier alpha value is -2.05. The third-order valence-electron chi connectivity index (χ3n) is 2.88. The second-order valence-electron chi connectivity index (χ2n) is 4.47. The van der Waals surface area contributed by atoms with Crippen molar-refractivity contribution in [2.45, 2.75) is 11.8 Å². The van der Waals surface area contributed by atoms with E-state index in [0.29, 0.717) is 22.8 Å². The standard InChI is InChI=1S/C15H15ClN2O3S/c1-2-17-15(19)11-7-9-12(10-8-11)22(20,21)18-14-6-4-3-5-13(14)16/h3-10,18H,2H2,1H3,(H,17,19). The van der Waals surface area contributed by atoms with Gasteiger partial charge in [-0.2, -0.15) is 0 Å². The van der Waals surface area contributed by atoms with Crippen molar-refractivity contribution in [2.75, 3.05) is 11.3 Å². The van der Waals surface area contributed by atoms with Crippen LogP contribution >= 0.6 is 11.6 Å². The van der Waals surface area contributed by atoms with Gasteiger partial charge in [-0.3, -0.25) is 9.52 Å². The molecule has 0 aliphatic rings. The Morgan fingerprint density at radius 2 is 1.73 bits per heavy atom. The van der Waals surface area contributed by atoms with Crippen molar-refractivity contribution in [2.24, 2.45) is 0 Å². The summed E-state index contributed by atoms with van der Waals surface area (Å²) in [6.07, 6.45) is 0. The molecule has 2 aromatic carbocycles. The number of sulfonamides is 1. The van der Waals surface area contributed by atoms with Crippen LogP contribution in [0.15, 0.2) is 53.4 Å². The largest absolute Gasteiger partial charge is 0.352 e. The number of para-hydroxylation sites is 1. The van der Waals surface area contributed by atoms with Gasteiger partial charge in [0.2, 0.25) is 0 Å². The van der Waals surface area contributed by atoms with E-state index in [1.165, 1.54) is 24.3 Å². The molecule has 0 atom stereocenters. The van der Waals surface area contributed by atoms with E-state index in [-0.39, 0.29) is 10.8 Å². The first-order chi connectivity index (χ1) is 10.4. The molecule has 7 heteroatoms. The maximum absolute atomic E-state index is 12.3. The number of carbonyl (C=O) groups is 1. The molecule has 2 aromatic rings. The molecule has 0 fully saturated rings. The smallest absolute Gasteiger partial charge is 0.261 e. The second-order valence-corrected chi connectivity index (χ2v) is 6.56. The number of benzene rings is 2. The van der Waals surface area contributed by atoms with Crippen LogP contribution in [-0.2, 0) is 10.0 Å². The van der Waals surface area contributed by atoms with E-state index in [9.17, 15) is 13.2 Å². The maximum atomic E-state index is 12.3. The van der Waals surface area contributed by atoms with Crippen LogP contribution in [0, 0.1) is 0 Å². The van der Waals surface area contributed by atoms with E-state index >= 15 is 0 Å². The molecular weight excluding hydrogens is 324 g/mol. The van der Waals surface area contributed by atoms with Crippen molar-refractivity contribution in [3.05, 3.63) is 59.1 Å². The lowest BCUT2D eigenvalue weighted by Gasteiger charge is -2.10. The molecule has 0 aromatic heterocycles. The number of hydrogen-bond acceptors (Lipinski definition) is 3. The van der Waals surface area contributed by atoms with Gasteiger partial charge in [0.25, 0.3) is 15.9 Å². The molecule has 0 bridgehead atoms. The molecule has 0 radical (unpaired) electrons. The molecular formula is C15H15ClN2O3S. The number of nitrogens with one attached hydrogen (secondary N) is 2. The molecule has 0 spiro atoms. The van der Waals surface area contributed by atoms with Gasteiger partial charge >= 0.3 is 0 Å². The number of hydrogen-bond donors (Lipinski definition) is 2. The molecule has 0 heterocycles. The molecule has 0 aliphatic carbocycles. The summed E-state index contributed by atoms with van der Waals surface area (Å²) in [6, 6.07) is 12.2. The molecule has 2 N–H and O–H groups in total. The van der Waals surface area contributed by atoms with E-state index in [1.54, 1.807) is 24.3 Å². The molecule has 116 valence electrons. The number of rotatable bonds is 5. The first-order valence-electron chi connectivity index (χ1n) is 6.59. The van der Waals surface area contributed by atoms with Crippen molar-refractivity contribution in [1.29, 1.82) is 0 Å². The zero-order chi connectivity index (χ0) is 16.2. The predicted molar refractivity (Wildman–Crippen MR) is 86.7 cm³/mol. The van der Waals surface area contributed by atoms with Crippen molar-refractivity contribution >= 4 is 33.2 Å². The van der Waals surface area contributed by atoms with Crippen molar-refractivity contribution in [1.82, 2.24) is 5.32 Å². The fourth-order valence-electron chi connectivity index (χ4n) is 1.80. The lowest BCUT2D eigenvalue weighted by atomic mass is 10.2. The van der Waals surface area contributed by atoms with Gasteiger partial charge in [0.1, 0.15) is 0 Å². The summed E-state index contributed by atoms with van der Waals surface area (Å²) in [6.45, 7) is 2.32. The Labute approximate surface area is 134 Å². The number of anilines is 1. The third kappa shape index (κ3) is 3.78. The van der Waals surface area contributed by atoms with E-state index in [4.69, 9.17) is 11.6 Å². The van der Waals surface area contributed by atoms with Crippen LogP contribution in [0.1, 0.15) is 17.3 Å². The second kappa shape index (κ2) is 6.81. The van der Waals surface area contributed by atoms with Crippen LogP contribution in [0.4, 0.5) is 5.69 Å². The van der Waals surface area contributed by atoms with Crippen LogP contribution in [-0.4, -0.2) is 20.9 Å². The minimum absolute atomic E-state index is 0.0560. The molecule has 0 saturated carbocycles. The zero-order valence-corrected chi connectivity index (χ0v) is 13.4. The fraction of sp³-hybridized carbons (Fsp3) is 0.133. The van der Waals surface area contributed by atoms with Crippen LogP contribution < -0.4 is 10.0 Å². The molecule has 5 nitrogen and oxygen atoms in total. The molecule has 22 heavy (non-hydrogen) atoms. The maximum Gasteiger partial charge on any atom is 0.261 e. The summed E-state index contributed by atoms with van der Waals surface area (Å²) < 4.78 is 27.0. The average Bonchev–Trinajstić information content (AvgIpc) is 2.50. The van der Waals surface area contributed by atoms with E-state index < -0.39 is 10.0 Å². The highest BCUT2D eigenvalue weighted by atomic mass is 35.5. The normalized spacial score (nSPS) is 11.0. The Kier molecular flexibility index (Phi) is 5.05. The number of halogens is 1. The Bertz CT molecular complexity index is 774. The number of carbonyl (C=O) groups excluding carboxylic acids is 1. The van der Waals surface area contributed by atoms with Crippen LogP contribution in [0.5, 0.6) is 0 Å². The van der Waals surface area contributed by atoms with Crippen LogP contribution in [0.2, 0.25) is 5.02 Å². The van der Waals surface area contributed by atoms with Gasteiger partial charge in [0, 0.05) is 12.1 Å². The Balaban J connectivity index is 2.23. The SMILES string of the molecule is CCNC(=O)c1ccc(S(=O)(=O)Nc2ccccc2Cl)cc1. The van der Waals surface area contributed by atoms with Crippen molar-refractivity contribution < 1.29 is 13.2 Å². The lowest BCUT2D eigenvalue weighted by molar-refractivity contribution is 0.0955. The van der Waals surface area contributed by atoms with Gasteiger partial charge in [0.05, 0.1) is 15.6 Å². The predicted octanol–water partition coefficient (Wildman–Crippen LogP) is 2.89. The topological polar surface area (TPSA) is 75.3 Å². The number of amides is 1. The summed E-state index contributed by atoms with van der Waals surface area (Å²) in [4.78, 5) is 11.7. The third-order valence-corrected chi connectivity index (χ3v) is 4.59. The van der Waals surface area contributed by atoms with Crippen molar-refractivity contribution in [3.63, 3.8) is 0 Å². The quantitative estimate of drug-likeness (QED) is 0.880. The minimum atomic E-state index is -3.76. The highest BCUT2D eigenvalue weighted by molar-refractivity contribution is 7.92. The van der Waals surface area contributed by atoms with Crippen LogP contribution in [0.25, 0.3) is 0 Å². The molecule has 2 rings (SSSR count). The van der Waals surface area contributed by atoms with Crippen LogP contribution in [0.3, 0.4) is 0 Å². The lowest BCUT2D eigenvalue weighted by Crippen LogP contribution is -2.22. The zero-order valence-electron chi connectivity index (χ0n) is 11.8. The first-order valence-corrected chi connectivity index (χ1v) is 8.46.